The van der Waals surface area contributed by atoms with E-state index in [9.17, 15) is 14.4 Å². The standard InChI is InChI=1S/C23H29N5O3/c1-17(2)22(30)25-18-8-10-19(11-9-18)26-23(31)24-16-21(29)28-14-12-27(13-15-28)20-6-4-3-5-7-20/h3-11,17H,12-16H2,1-2H3,(H,25,30)(H2,24,26,31). The van der Waals surface area contributed by atoms with Crippen LogP contribution in [0.1, 0.15) is 13.8 Å². The largest absolute Gasteiger partial charge is 0.368 e. The predicted octanol–water partition coefficient (Wildman–Crippen LogP) is 2.75. The Bertz CT molecular complexity index is 891. The first-order valence-corrected chi connectivity index (χ1v) is 10.5. The summed E-state index contributed by atoms with van der Waals surface area (Å²) in [5.74, 6) is -0.279. The molecule has 2 aromatic rings. The molecule has 2 aromatic carbocycles. The topological polar surface area (TPSA) is 93.8 Å². The fraction of sp³-hybridized carbons (Fsp3) is 0.348. The third kappa shape index (κ3) is 6.47. The first-order chi connectivity index (χ1) is 14.9. The van der Waals surface area contributed by atoms with E-state index in [2.05, 4.69) is 33.0 Å². The summed E-state index contributed by atoms with van der Waals surface area (Å²) in [6, 6.07) is 16.5. The molecule has 3 rings (SSSR count). The van der Waals surface area contributed by atoms with Gasteiger partial charge >= 0.3 is 6.03 Å². The van der Waals surface area contributed by atoms with Crippen molar-refractivity contribution in [3.8, 4) is 0 Å². The Morgan fingerprint density at radius 2 is 1.42 bits per heavy atom. The first kappa shape index (κ1) is 22.1. The number of hydrogen-bond donors (Lipinski definition) is 3. The number of benzene rings is 2. The van der Waals surface area contributed by atoms with E-state index in [0.29, 0.717) is 24.5 Å². The van der Waals surface area contributed by atoms with Crippen LogP contribution in [0, 0.1) is 5.92 Å². The molecule has 0 atom stereocenters. The highest BCUT2D eigenvalue weighted by Crippen LogP contribution is 2.16. The molecule has 1 heterocycles. The van der Waals surface area contributed by atoms with Crippen molar-refractivity contribution in [1.82, 2.24) is 10.2 Å². The van der Waals surface area contributed by atoms with Crippen molar-refractivity contribution in [1.29, 1.82) is 0 Å². The number of nitrogens with zero attached hydrogens (tertiary/aromatic N) is 2. The molecule has 0 unspecified atom stereocenters. The number of piperazine rings is 1. The highest BCUT2D eigenvalue weighted by molar-refractivity contribution is 5.94. The van der Waals surface area contributed by atoms with Gasteiger partial charge in [-0.05, 0) is 36.4 Å². The van der Waals surface area contributed by atoms with Gasteiger partial charge in [0.1, 0.15) is 0 Å². The van der Waals surface area contributed by atoms with E-state index in [1.54, 1.807) is 29.2 Å². The van der Waals surface area contributed by atoms with Crippen molar-refractivity contribution in [3.05, 3.63) is 54.6 Å². The monoisotopic (exact) mass is 423 g/mol. The molecule has 3 N–H and O–H groups in total. The van der Waals surface area contributed by atoms with Crippen LogP contribution in [0.2, 0.25) is 0 Å². The summed E-state index contributed by atoms with van der Waals surface area (Å²) < 4.78 is 0. The number of hydrogen-bond acceptors (Lipinski definition) is 4. The number of rotatable bonds is 6. The quantitative estimate of drug-likeness (QED) is 0.666. The Labute approximate surface area is 182 Å². The maximum absolute atomic E-state index is 12.4. The Morgan fingerprint density at radius 3 is 2.00 bits per heavy atom. The molecule has 0 spiro atoms. The minimum atomic E-state index is -0.449. The van der Waals surface area contributed by atoms with E-state index in [1.165, 1.54) is 0 Å². The number of carbonyl (C=O) groups is 3. The summed E-state index contributed by atoms with van der Waals surface area (Å²) in [6.45, 7) is 6.37. The van der Waals surface area contributed by atoms with Crippen LogP contribution in [-0.4, -0.2) is 55.5 Å². The smallest absolute Gasteiger partial charge is 0.319 e. The van der Waals surface area contributed by atoms with Gasteiger partial charge in [-0.2, -0.15) is 0 Å². The maximum atomic E-state index is 12.4. The zero-order chi connectivity index (χ0) is 22.2. The molecule has 0 radical (unpaired) electrons. The lowest BCUT2D eigenvalue weighted by atomic mass is 10.2. The Hall–Kier alpha value is -3.55. The molecule has 0 bridgehead atoms. The van der Waals surface area contributed by atoms with Crippen LogP contribution >= 0.6 is 0 Å². The van der Waals surface area contributed by atoms with Gasteiger partial charge in [-0.1, -0.05) is 32.0 Å². The van der Waals surface area contributed by atoms with Crippen molar-refractivity contribution in [2.24, 2.45) is 5.92 Å². The molecular formula is C23H29N5O3. The van der Waals surface area contributed by atoms with Gasteiger partial charge in [0.2, 0.25) is 11.8 Å². The molecule has 0 saturated carbocycles. The third-order valence-corrected chi connectivity index (χ3v) is 5.09. The highest BCUT2D eigenvalue weighted by Gasteiger charge is 2.21. The van der Waals surface area contributed by atoms with Crippen LogP contribution in [0.3, 0.4) is 0 Å². The number of carbonyl (C=O) groups excluding carboxylic acids is 3. The Morgan fingerprint density at radius 1 is 0.839 bits per heavy atom. The highest BCUT2D eigenvalue weighted by atomic mass is 16.2. The zero-order valence-corrected chi connectivity index (χ0v) is 17.9. The molecule has 1 aliphatic rings. The zero-order valence-electron chi connectivity index (χ0n) is 17.9. The summed E-state index contributed by atoms with van der Waals surface area (Å²) >= 11 is 0. The van der Waals surface area contributed by atoms with E-state index < -0.39 is 6.03 Å². The van der Waals surface area contributed by atoms with Gasteiger partial charge in [0.15, 0.2) is 0 Å². The van der Waals surface area contributed by atoms with Gasteiger partial charge in [-0.15, -0.1) is 0 Å². The van der Waals surface area contributed by atoms with Crippen LogP contribution < -0.4 is 20.9 Å². The van der Waals surface area contributed by atoms with Gasteiger partial charge in [0.25, 0.3) is 0 Å². The van der Waals surface area contributed by atoms with Crippen molar-refractivity contribution in [2.75, 3.05) is 48.3 Å². The molecule has 1 fully saturated rings. The molecule has 4 amide bonds. The first-order valence-electron chi connectivity index (χ1n) is 10.5. The van der Waals surface area contributed by atoms with Crippen molar-refractivity contribution < 1.29 is 14.4 Å². The van der Waals surface area contributed by atoms with Crippen molar-refractivity contribution >= 4 is 34.9 Å². The second-order valence-electron chi connectivity index (χ2n) is 7.73. The van der Waals surface area contributed by atoms with Crippen LogP contribution in [0.25, 0.3) is 0 Å². The Balaban J connectivity index is 1.39. The molecule has 8 heteroatoms. The van der Waals surface area contributed by atoms with Crippen molar-refractivity contribution in [2.45, 2.75) is 13.8 Å². The number of anilines is 3. The molecule has 0 aromatic heterocycles. The summed E-state index contributed by atoms with van der Waals surface area (Å²) in [5.41, 5.74) is 2.39. The molecule has 31 heavy (non-hydrogen) atoms. The van der Waals surface area contributed by atoms with Crippen LogP contribution in [0.5, 0.6) is 0 Å². The molecule has 164 valence electrons. The third-order valence-electron chi connectivity index (χ3n) is 5.09. The lowest BCUT2D eigenvalue weighted by Gasteiger charge is -2.36. The second kappa shape index (κ2) is 10.5. The Kier molecular flexibility index (Phi) is 7.48. The summed E-state index contributed by atoms with van der Waals surface area (Å²) in [5, 5.41) is 8.09. The fourth-order valence-electron chi connectivity index (χ4n) is 3.22. The SMILES string of the molecule is CC(C)C(=O)Nc1ccc(NC(=O)NCC(=O)N2CCN(c3ccccc3)CC2)cc1. The summed E-state index contributed by atoms with van der Waals surface area (Å²) in [4.78, 5) is 40.3. The number of nitrogens with one attached hydrogen (secondary N) is 3. The minimum Gasteiger partial charge on any atom is -0.368 e. The average Bonchev–Trinajstić information content (AvgIpc) is 2.79. The van der Waals surface area contributed by atoms with E-state index in [-0.39, 0.29) is 24.3 Å². The van der Waals surface area contributed by atoms with Crippen LogP contribution in [-0.2, 0) is 9.59 Å². The van der Waals surface area contributed by atoms with E-state index in [1.807, 2.05) is 32.0 Å². The normalized spacial score (nSPS) is 13.6. The summed E-state index contributed by atoms with van der Waals surface area (Å²) in [7, 11) is 0. The summed E-state index contributed by atoms with van der Waals surface area (Å²) in [6.07, 6.45) is 0. The maximum Gasteiger partial charge on any atom is 0.319 e. The predicted molar refractivity (Wildman–Crippen MR) is 122 cm³/mol. The molecule has 1 aliphatic heterocycles. The van der Waals surface area contributed by atoms with Gasteiger partial charge in [-0.3, -0.25) is 9.59 Å². The molecule has 0 aliphatic carbocycles. The lowest BCUT2D eigenvalue weighted by Crippen LogP contribution is -2.51. The molecule has 1 saturated heterocycles. The molecular weight excluding hydrogens is 394 g/mol. The van der Waals surface area contributed by atoms with Crippen molar-refractivity contribution in [3.63, 3.8) is 0 Å². The number of para-hydroxylation sites is 1. The van der Waals surface area contributed by atoms with Gasteiger partial charge in [-0.25, -0.2) is 4.79 Å². The number of amides is 4. The lowest BCUT2D eigenvalue weighted by molar-refractivity contribution is -0.130. The second-order valence-corrected chi connectivity index (χ2v) is 7.73. The minimum absolute atomic E-state index is 0.0559. The van der Waals surface area contributed by atoms with E-state index in [4.69, 9.17) is 0 Å². The number of urea groups is 1. The van der Waals surface area contributed by atoms with Gasteiger partial charge in [0, 0.05) is 49.2 Å². The van der Waals surface area contributed by atoms with Crippen LogP contribution in [0.4, 0.5) is 21.9 Å². The van der Waals surface area contributed by atoms with Gasteiger partial charge in [0.05, 0.1) is 6.54 Å². The van der Waals surface area contributed by atoms with E-state index >= 15 is 0 Å². The average molecular weight is 424 g/mol. The molecule has 8 nitrogen and oxygen atoms in total. The van der Waals surface area contributed by atoms with Gasteiger partial charge < -0.3 is 25.8 Å². The van der Waals surface area contributed by atoms with E-state index in [0.717, 1.165) is 18.8 Å². The van der Waals surface area contributed by atoms with Crippen LogP contribution in [0.15, 0.2) is 54.6 Å². The fourth-order valence-corrected chi connectivity index (χ4v) is 3.22.